The monoisotopic (exact) mass is 513 g/mol. The Morgan fingerprint density at radius 3 is 2.33 bits per heavy atom. The number of nitrogens with one attached hydrogen (secondary N) is 1. The van der Waals surface area contributed by atoms with Gasteiger partial charge in [-0.1, -0.05) is 53.5 Å². The maximum atomic E-state index is 13.0. The first-order chi connectivity index (χ1) is 15.5. The molecule has 0 radical (unpaired) electrons. The first-order valence-corrected chi connectivity index (χ1v) is 13.1. The van der Waals surface area contributed by atoms with Crippen LogP contribution in [0.25, 0.3) is 0 Å². The standard InChI is InChI=1S/C23H29Cl2N3O4S/c1-17(23(30)26-2)27(15-13-18-8-5-4-6-9-18)22(29)10-7-14-28(33(3,31)32)21-16-19(24)11-12-20(21)25/h4-6,8-9,11-12,16-17H,7,10,13-15H2,1-3H3,(H,26,30)/t17-/m1/s1. The number of benzene rings is 2. The number of anilines is 1. The molecule has 180 valence electrons. The molecule has 7 nitrogen and oxygen atoms in total. The van der Waals surface area contributed by atoms with Crippen molar-refractivity contribution in [3.05, 3.63) is 64.1 Å². The Labute approximate surface area is 205 Å². The predicted octanol–water partition coefficient (Wildman–Crippen LogP) is 3.75. The summed E-state index contributed by atoms with van der Waals surface area (Å²) in [5, 5.41) is 3.17. The van der Waals surface area contributed by atoms with Gasteiger partial charge in [0.25, 0.3) is 0 Å². The average molecular weight is 514 g/mol. The lowest BCUT2D eigenvalue weighted by Crippen LogP contribution is -2.48. The highest BCUT2D eigenvalue weighted by Crippen LogP contribution is 2.31. The summed E-state index contributed by atoms with van der Waals surface area (Å²) < 4.78 is 25.9. The molecule has 0 saturated carbocycles. The molecule has 33 heavy (non-hydrogen) atoms. The van der Waals surface area contributed by atoms with Gasteiger partial charge in [-0.2, -0.15) is 0 Å². The minimum atomic E-state index is -3.65. The average Bonchev–Trinajstić information content (AvgIpc) is 2.77. The van der Waals surface area contributed by atoms with Crippen LogP contribution in [0.15, 0.2) is 48.5 Å². The van der Waals surface area contributed by atoms with Gasteiger partial charge in [0.15, 0.2) is 0 Å². The zero-order valence-electron chi connectivity index (χ0n) is 18.9. The van der Waals surface area contributed by atoms with Gasteiger partial charge in [0.1, 0.15) is 6.04 Å². The molecule has 1 atom stereocenters. The molecule has 2 aromatic rings. The summed E-state index contributed by atoms with van der Waals surface area (Å²) in [5.74, 6) is -0.493. The van der Waals surface area contributed by atoms with Gasteiger partial charge in [0.2, 0.25) is 21.8 Å². The molecule has 1 N–H and O–H groups in total. The quantitative estimate of drug-likeness (QED) is 0.495. The van der Waals surface area contributed by atoms with Crippen LogP contribution in [0.3, 0.4) is 0 Å². The first kappa shape index (κ1) is 27.0. The molecule has 2 rings (SSSR count). The molecule has 0 aliphatic carbocycles. The van der Waals surface area contributed by atoms with Crippen LogP contribution in [0.4, 0.5) is 5.69 Å². The molecule has 0 bridgehead atoms. The van der Waals surface area contributed by atoms with Gasteiger partial charge >= 0.3 is 0 Å². The van der Waals surface area contributed by atoms with Gasteiger partial charge < -0.3 is 10.2 Å². The molecule has 10 heteroatoms. The van der Waals surface area contributed by atoms with Crippen LogP contribution in [-0.2, 0) is 26.0 Å². The van der Waals surface area contributed by atoms with Gasteiger partial charge in [-0.05, 0) is 43.5 Å². The summed E-state index contributed by atoms with van der Waals surface area (Å²) >= 11 is 12.2. The molecule has 0 aliphatic rings. The van der Waals surface area contributed by atoms with Crippen LogP contribution in [0.1, 0.15) is 25.3 Å². The van der Waals surface area contributed by atoms with Crippen molar-refractivity contribution in [2.45, 2.75) is 32.2 Å². The summed E-state index contributed by atoms with van der Waals surface area (Å²) in [4.78, 5) is 26.8. The molecule has 0 aliphatic heterocycles. The number of sulfonamides is 1. The van der Waals surface area contributed by atoms with Crippen molar-refractivity contribution in [3.63, 3.8) is 0 Å². The van der Waals surface area contributed by atoms with E-state index in [0.717, 1.165) is 16.1 Å². The highest BCUT2D eigenvalue weighted by molar-refractivity contribution is 7.92. The normalized spacial score (nSPS) is 12.2. The smallest absolute Gasteiger partial charge is 0.242 e. The van der Waals surface area contributed by atoms with E-state index < -0.39 is 16.1 Å². The number of halogens is 2. The number of carbonyl (C=O) groups excluding carboxylic acids is 2. The summed E-state index contributed by atoms with van der Waals surface area (Å²) in [6.07, 6.45) is 1.99. The van der Waals surface area contributed by atoms with E-state index in [2.05, 4.69) is 5.32 Å². The van der Waals surface area contributed by atoms with Gasteiger partial charge in [-0.25, -0.2) is 8.42 Å². The van der Waals surface area contributed by atoms with Gasteiger partial charge in [0, 0.05) is 31.6 Å². The molecular weight excluding hydrogens is 485 g/mol. The van der Waals surface area contributed by atoms with Gasteiger partial charge in [-0.15, -0.1) is 0 Å². The Morgan fingerprint density at radius 1 is 1.06 bits per heavy atom. The van der Waals surface area contributed by atoms with Crippen molar-refractivity contribution >= 4 is 50.7 Å². The van der Waals surface area contributed by atoms with Crippen LogP contribution < -0.4 is 9.62 Å². The maximum absolute atomic E-state index is 13.0. The fourth-order valence-corrected chi connectivity index (χ4v) is 4.84. The van der Waals surface area contributed by atoms with E-state index in [1.807, 2.05) is 30.3 Å². The zero-order chi connectivity index (χ0) is 24.6. The van der Waals surface area contributed by atoms with Crippen LogP contribution in [0.5, 0.6) is 0 Å². The first-order valence-electron chi connectivity index (χ1n) is 10.5. The molecule has 2 aromatic carbocycles. The number of hydrogen-bond acceptors (Lipinski definition) is 4. The highest BCUT2D eigenvalue weighted by Gasteiger charge is 2.26. The third-order valence-electron chi connectivity index (χ3n) is 5.23. The predicted molar refractivity (Wildman–Crippen MR) is 133 cm³/mol. The van der Waals surface area contributed by atoms with Crippen molar-refractivity contribution in [3.8, 4) is 0 Å². The second-order valence-corrected chi connectivity index (χ2v) is 10.4. The largest absolute Gasteiger partial charge is 0.357 e. The fraction of sp³-hybridized carbons (Fsp3) is 0.391. The van der Waals surface area contributed by atoms with Crippen molar-refractivity contribution in [2.24, 2.45) is 0 Å². The topological polar surface area (TPSA) is 86.8 Å². The molecule has 0 saturated heterocycles. The Balaban J connectivity index is 2.11. The zero-order valence-corrected chi connectivity index (χ0v) is 21.3. The molecule has 0 aromatic heterocycles. The third-order valence-corrected chi connectivity index (χ3v) is 6.96. The van der Waals surface area contributed by atoms with Crippen molar-refractivity contribution in [1.82, 2.24) is 10.2 Å². The number of likely N-dealkylation sites (N-methyl/N-ethyl adjacent to an activating group) is 1. The van der Waals surface area contributed by atoms with Crippen LogP contribution >= 0.6 is 23.2 Å². The lowest BCUT2D eigenvalue weighted by atomic mass is 10.1. The molecule has 0 unspecified atom stereocenters. The van der Waals surface area contributed by atoms with Crippen LogP contribution in [-0.4, -0.2) is 57.6 Å². The second kappa shape index (κ2) is 12.3. The summed E-state index contributed by atoms with van der Waals surface area (Å²) in [6, 6.07) is 13.6. The number of amides is 2. The SMILES string of the molecule is CNC(=O)[C@@H](C)N(CCc1ccccc1)C(=O)CCCN(c1cc(Cl)ccc1Cl)S(C)(=O)=O. The van der Waals surface area contributed by atoms with Crippen molar-refractivity contribution in [1.29, 1.82) is 0 Å². The Morgan fingerprint density at radius 2 is 1.73 bits per heavy atom. The Hall–Kier alpha value is -2.29. The minimum absolute atomic E-state index is 0.0471. The number of rotatable bonds is 11. The number of hydrogen-bond donors (Lipinski definition) is 1. The maximum Gasteiger partial charge on any atom is 0.242 e. The highest BCUT2D eigenvalue weighted by atomic mass is 35.5. The van der Waals surface area contributed by atoms with E-state index in [1.165, 1.54) is 24.1 Å². The summed E-state index contributed by atoms with van der Waals surface area (Å²) in [6.45, 7) is 2.09. The van der Waals surface area contributed by atoms with E-state index in [1.54, 1.807) is 13.0 Å². The summed E-state index contributed by atoms with van der Waals surface area (Å²) in [7, 11) is -2.13. The van der Waals surface area contributed by atoms with E-state index in [-0.39, 0.29) is 41.9 Å². The van der Waals surface area contributed by atoms with Crippen LogP contribution in [0.2, 0.25) is 10.0 Å². The Kier molecular flexibility index (Phi) is 10.0. The van der Waals surface area contributed by atoms with E-state index in [4.69, 9.17) is 23.2 Å². The fourth-order valence-electron chi connectivity index (χ4n) is 3.44. The van der Waals surface area contributed by atoms with E-state index >= 15 is 0 Å². The lowest BCUT2D eigenvalue weighted by molar-refractivity contribution is -0.139. The molecule has 2 amide bonds. The number of nitrogens with zero attached hydrogens (tertiary/aromatic N) is 2. The van der Waals surface area contributed by atoms with E-state index in [0.29, 0.717) is 18.0 Å². The second-order valence-electron chi connectivity index (χ2n) is 7.65. The summed E-state index contributed by atoms with van der Waals surface area (Å²) in [5.41, 5.74) is 1.32. The third kappa shape index (κ3) is 7.91. The molecule has 0 spiro atoms. The molecule has 0 fully saturated rings. The van der Waals surface area contributed by atoms with Crippen molar-refractivity contribution in [2.75, 3.05) is 30.7 Å². The minimum Gasteiger partial charge on any atom is -0.357 e. The molecule has 0 heterocycles. The van der Waals surface area contributed by atoms with E-state index in [9.17, 15) is 18.0 Å². The van der Waals surface area contributed by atoms with Gasteiger partial charge in [0.05, 0.1) is 17.0 Å². The van der Waals surface area contributed by atoms with Crippen molar-refractivity contribution < 1.29 is 18.0 Å². The van der Waals surface area contributed by atoms with Crippen LogP contribution in [0, 0.1) is 0 Å². The Bertz CT molecular complexity index is 1060. The molecular formula is C23H29Cl2N3O4S. The number of carbonyl (C=O) groups is 2. The van der Waals surface area contributed by atoms with Gasteiger partial charge in [-0.3, -0.25) is 13.9 Å². The lowest BCUT2D eigenvalue weighted by Gasteiger charge is -2.29.